The van der Waals surface area contributed by atoms with Crippen molar-refractivity contribution in [3.8, 4) is 0 Å². The van der Waals surface area contributed by atoms with Gasteiger partial charge in [-0.2, -0.15) is 0 Å². The molecule has 0 saturated carbocycles. The van der Waals surface area contributed by atoms with Gasteiger partial charge in [-0.05, 0) is 18.4 Å². The van der Waals surface area contributed by atoms with Crippen molar-refractivity contribution in [3.63, 3.8) is 0 Å². The number of hydrogen-bond acceptors (Lipinski definition) is 3. The quantitative estimate of drug-likeness (QED) is 0.890. The maximum absolute atomic E-state index is 12.7. The number of carbonyl (C=O) groups is 2. The lowest BCUT2D eigenvalue weighted by Crippen LogP contribution is -2.61. The molecular formula is C15H18N2O3. The molecule has 2 saturated heterocycles. The normalized spacial score (nSPS) is 21.9. The molecule has 0 aromatic heterocycles. The number of carbonyl (C=O) groups excluding carboxylic acids is 2. The molecule has 2 aliphatic heterocycles. The summed E-state index contributed by atoms with van der Waals surface area (Å²) in [5.41, 5.74) is 0.487. The summed E-state index contributed by atoms with van der Waals surface area (Å²) in [6.07, 6.45) is 1.36. The molecule has 1 spiro atoms. The zero-order chi connectivity index (χ0) is 14.0. The SMILES string of the molecule is O=C1NCC2(CCOCC2)C(=O)N1Cc1ccccc1. The van der Waals surface area contributed by atoms with Crippen LogP contribution in [0.3, 0.4) is 0 Å². The van der Waals surface area contributed by atoms with Crippen molar-refractivity contribution in [1.82, 2.24) is 10.2 Å². The van der Waals surface area contributed by atoms with Gasteiger partial charge in [0.15, 0.2) is 0 Å². The number of rotatable bonds is 2. The van der Waals surface area contributed by atoms with Crippen molar-refractivity contribution in [1.29, 1.82) is 0 Å². The van der Waals surface area contributed by atoms with E-state index < -0.39 is 5.41 Å². The predicted molar refractivity (Wildman–Crippen MR) is 72.9 cm³/mol. The summed E-state index contributed by atoms with van der Waals surface area (Å²) in [5.74, 6) is -0.0617. The Labute approximate surface area is 117 Å². The number of hydrogen-bond donors (Lipinski definition) is 1. The van der Waals surface area contributed by atoms with Crippen LogP contribution >= 0.6 is 0 Å². The average molecular weight is 274 g/mol. The Morgan fingerprint density at radius 1 is 1.15 bits per heavy atom. The van der Waals surface area contributed by atoms with E-state index in [4.69, 9.17) is 4.74 Å². The van der Waals surface area contributed by atoms with E-state index in [1.807, 2.05) is 30.3 Å². The highest BCUT2D eigenvalue weighted by atomic mass is 16.5. The molecular weight excluding hydrogens is 256 g/mol. The minimum atomic E-state index is -0.471. The summed E-state index contributed by atoms with van der Waals surface area (Å²) in [6.45, 7) is 1.93. The molecule has 2 heterocycles. The van der Waals surface area contributed by atoms with Gasteiger partial charge in [-0.3, -0.25) is 9.69 Å². The number of urea groups is 1. The summed E-state index contributed by atoms with van der Waals surface area (Å²) in [7, 11) is 0. The van der Waals surface area contributed by atoms with Crippen LogP contribution in [-0.2, 0) is 16.1 Å². The smallest absolute Gasteiger partial charge is 0.324 e. The van der Waals surface area contributed by atoms with Crippen molar-refractivity contribution in [2.75, 3.05) is 19.8 Å². The molecule has 0 aliphatic carbocycles. The monoisotopic (exact) mass is 274 g/mol. The molecule has 5 heteroatoms. The van der Waals surface area contributed by atoms with Crippen LogP contribution < -0.4 is 5.32 Å². The highest BCUT2D eigenvalue weighted by Crippen LogP contribution is 2.34. The largest absolute Gasteiger partial charge is 0.381 e. The van der Waals surface area contributed by atoms with Gasteiger partial charge in [0.1, 0.15) is 0 Å². The van der Waals surface area contributed by atoms with Gasteiger partial charge in [0.25, 0.3) is 0 Å². The van der Waals surface area contributed by atoms with E-state index in [-0.39, 0.29) is 11.9 Å². The van der Waals surface area contributed by atoms with Crippen molar-refractivity contribution in [3.05, 3.63) is 35.9 Å². The molecule has 0 atom stereocenters. The van der Waals surface area contributed by atoms with E-state index >= 15 is 0 Å². The van der Waals surface area contributed by atoms with Gasteiger partial charge >= 0.3 is 6.03 Å². The molecule has 0 unspecified atom stereocenters. The second-order valence-electron chi connectivity index (χ2n) is 5.43. The van der Waals surface area contributed by atoms with Crippen molar-refractivity contribution < 1.29 is 14.3 Å². The number of imide groups is 1. The minimum absolute atomic E-state index is 0.0617. The first kappa shape index (κ1) is 13.1. The van der Waals surface area contributed by atoms with E-state index in [0.717, 1.165) is 5.56 Å². The molecule has 20 heavy (non-hydrogen) atoms. The Morgan fingerprint density at radius 2 is 1.85 bits per heavy atom. The lowest BCUT2D eigenvalue weighted by Gasteiger charge is -2.42. The van der Waals surface area contributed by atoms with Crippen molar-refractivity contribution in [2.45, 2.75) is 19.4 Å². The summed E-state index contributed by atoms with van der Waals surface area (Å²) >= 11 is 0. The van der Waals surface area contributed by atoms with Crippen LogP contribution in [-0.4, -0.2) is 36.6 Å². The Morgan fingerprint density at radius 3 is 2.55 bits per heavy atom. The van der Waals surface area contributed by atoms with E-state index in [9.17, 15) is 9.59 Å². The summed E-state index contributed by atoms with van der Waals surface area (Å²) < 4.78 is 5.34. The van der Waals surface area contributed by atoms with Gasteiger partial charge < -0.3 is 10.1 Å². The summed E-state index contributed by atoms with van der Waals surface area (Å²) in [4.78, 5) is 26.1. The number of benzene rings is 1. The van der Waals surface area contributed by atoms with Gasteiger partial charge in [-0.1, -0.05) is 30.3 Å². The van der Waals surface area contributed by atoms with Gasteiger partial charge in [0.05, 0.1) is 12.0 Å². The molecule has 1 N–H and O–H groups in total. The number of amides is 3. The van der Waals surface area contributed by atoms with E-state index in [1.165, 1.54) is 4.90 Å². The molecule has 3 rings (SSSR count). The Kier molecular flexibility index (Phi) is 3.44. The third kappa shape index (κ3) is 2.29. The fourth-order valence-electron chi connectivity index (χ4n) is 2.86. The molecule has 2 aliphatic rings. The predicted octanol–water partition coefficient (Wildman–Crippen LogP) is 1.54. The maximum atomic E-state index is 12.7. The third-order valence-corrected chi connectivity index (χ3v) is 4.16. The topological polar surface area (TPSA) is 58.6 Å². The average Bonchev–Trinajstić information content (AvgIpc) is 2.50. The van der Waals surface area contributed by atoms with Gasteiger partial charge in [-0.25, -0.2) is 4.79 Å². The van der Waals surface area contributed by atoms with Gasteiger partial charge in [-0.15, -0.1) is 0 Å². The molecule has 5 nitrogen and oxygen atoms in total. The molecule has 3 amide bonds. The molecule has 0 bridgehead atoms. The minimum Gasteiger partial charge on any atom is -0.381 e. The van der Waals surface area contributed by atoms with E-state index in [0.29, 0.717) is 39.1 Å². The first-order valence-corrected chi connectivity index (χ1v) is 6.93. The van der Waals surface area contributed by atoms with Crippen LogP contribution in [0.15, 0.2) is 30.3 Å². The van der Waals surface area contributed by atoms with Crippen LogP contribution in [0.2, 0.25) is 0 Å². The van der Waals surface area contributed by atoms with Gasteiger partial charge in [0, 0.05) is 19.8 Å². The van der Waals surface area contributed by atoms with Crippen LogP contribution in [0.25, 0.3) is 0 Å². The lowest BCUT2D eigenvalue weighted by molar-refractivity contribution is -0.147. The van der Waals surface area contributed by atoms with E-state index in [2.05, 4.69) is 5.32 Å². The first-order chi connectivity index (χ1) is 9.71. The fraction of sp³-hybridized carbons (Fsp3) is 0.467. The van der Waals surface area contributed by atoms with Crippen molar-refractivity contribution in [2.24, 2.45) is 5.41 Å². The zero-order valence-corrected chi connectivity index (χ0v) is 11.3. The zero-order valence-electron chi connectivity index (χ0n) is 11.3. The lowest BCUT2D eigenvalue weighted by atomic mass is 9.77. The Bertz CT molecular complexity index is 509. The maximum Gasteiger partial charge on any atom is 0.324 e. The van der Waals surface area contributed by atoms with Crippen LogP contribution in [0.4, 0.5) is 4.79 Å². The molecule has 1 aromatic carbocycles. The Hall–Kier alpha value is -1.88. The van der Waals surface area contributed by atoms with E-state index in [1.54, 1.807) is 0 Å². The Balaban J connectivity index is 1.81. The van der Waals surface area contributed by atoms with Crippen LogP contribution in [0.5, 0.6) is 0 Å². The van der Waals surface area contributed by atoms with Gasteiger partial charge in [0.2, 0.25) is 5.91 Å². The molecule has 1 aromatic rings. The molecule has 0 radical (unpaired) electrons. The van der Waals surface area contributed by atoms with Crippen LogP contribution in [0, 0.1) is 5.41 Å². The molecule has 2 fully saturated rings. The standard InChI is InChI=1S/C15H18N2O3/c18-13-15(6-8-20-9-7-15)11-16-14(19)17(13)10-12-4-2-1-3-5-12/h1-5H,6-11H2,(H,16,19). The first-order valence-electron chi connectivity index (χ1n) is 6.93. The van der Waals surface area contributed by atoms with Crippen LogP contribution in [0.1, 0.15) is 18.4 Å². The number of nitrogens with one attached hydrogen (secondary N) is 1. The third-order valence-electron chi connectivity index (χ3n) is 4.16. The molecule has 106 valence electrons. The second kappa shape index (κ2) is 5.25. The highest BCUT2D eigenvalue weighted by molar-refractivity contribution is 6.00. The second-order valence-corrected chi connectivity index (χ2v) is 5.43. The highest BCUT2D eigenvalue weighted by Gasteiger charge is 2.47. The number of ether oxygens (including phenoxy) is 1. The summed E-state index contributed by atoms with van der Waals surface area (Å²) in [6, 6.07) is 9.28. The fourth-order valence-corrected chi connectivity index (χ4v) is 2.86. The number of nitrogens with zero attached hydrogens (tertiary/aromatic N) is 1. The summed E-state index contributed by atoms with van der Waals surface area (Å²) in [5, 5.41) is 2.85. The van der Waals surface area contributed by atoms with Crippen molar-refractivity contribution >= 4 is 11.9 Å².